The highest BCUT2D eigenvalue weighted by molar-refractivity contribution is 14.0. The SMILES string of the molecule is CCOc1ccccc1CNC(=NC)NC1CCS(=O)(=O)C1.I. The molecule has 8 heteroatoms. The van der Waals surface area contributed by atoms with Crippen molar-refractivity contribution in [3.8, 4) is 5.75 Å². The van der Waals surface area contributed by atoms with E-state index in [4.69, 9.17) is 4.74 Å². The van der Waals surface area contributed by atoms with Gasteiger partial charge in [0.05, 0.1) is 18.1 Å². The van der Waals surface area contributed by atoms with E-state index in [0.717, 1.165) is 11.3 Å². The second kappa shape index (κ2) is 9.31. The zero-order valence-electron chi connectivity index (χ0n) is 13.4. The first-order valence-corrected chi connectivity index (χ1v) is 9.24. The lowest BCUT2D eigenvalue weighted by Gasteiger charge is -2.17. The molecule has 1 heterocycles. The predicted molar refractivity (Wildman–Crippen MR) is 103 cm³/mol. The van der Waals surface area contributed by atoms with Gasteiger partial charge in [-0.3, -0.25) is 4.99 Å². The Hall–Kier alpha value is -1.03. The van der Waals surface area contributed by atoms with Gasteiger partial charge in [-0.05, 0) is 19.4 Å². The van der Waals surface area contributed by atoms with Crippen LogP contribution in [0.3, 0.4) is 0 Å². The summed E-state index contributed by atoms with van der Waals surface area (Å²) in [5.41, 5.74) is 1.03. The van der Waals surface area contributed by atoms with Gasteiger partial charge in [-0.2, -0.15) is 0 Å². The lowest BCUT2D eigenvalue weighted by Crippen LogP contribution is -2.43. The number of guanidine groups is 1. The Bertz CT molecular complexity index is 635. The zero-order valence-corrected chi connectivity index (χ0v) is 16.6. The molecule has 1 saturated heterocycles. The molecule has 23 heavy (non-hydrogen) atoms. The van der Waals surface area contributed by atoms with Gasteiger partial charge in [0.2, 0.25) is 0 Å². The maximum absolute atomic E-state index is 11.5. The topological polar surface area (TPSA) is 79.8 Å². The fourth-order valence-electron chi connectivity index (χ4n) is 2.42. The number of nitrogens with one attached hydrogen (secondary N) is 2. The number of sulfone groups is 1. The number of hydrogen-bond donors (Lipinski definition) is 2. The first-order valence-electron chi connectivity index (χ1n) is 7.42. The molecule has 0 radical (unpaired) electrons. The molecular weight excluding hydrogens is 429 g/mol. The van der Waals surface area contributed by atoms with Crippen molar-refractivity contribution in [2.75, 3.05) is 25.2 Å². The Morgan fingerprint density at radius 1 is 1.39 bits per heavy atom. The summed E-state index contributed by atoms with van der Waals surface area (Å²) in [6.45, 7) is 3.13. The van der Waals surface area contributed by atoms with Gasteiger partial charge >= 0.3 is 0 Å². The highest BCUT2D eigenvalue weighted by atomic mass is 127. The highest BCUT2D eigenvalue weighted by Crippen LogP contribution is 2.17. The molecule has 1 fully saturated rings. The first kappa shape index (κ1) is 20.0. The number of benzene rings is 1. The molecule has 6 nitrogen and oxygen atoms in total. The van der Waals surface area contributed by atoms with Crippen LogP contribution in [0.1, 0.15) is 18.9 Å². The van der Waals surface area contributed by atoms with Crippen molar-refractivity contribution in [1.82, 2.24) is 10.6 Å². The molecule has 1 aromatic carbocycles. The Morgan fingerprint density at radius 3 is 2.74 bits per heavy atom. The summed E-state index contributed by atoms with van der Waals surface area (Å²) >= 11 is 0. The number of halogens is 1. The largest absolute Gasteiger partial charge is 0.494 e. The molecular formula is C15H24IN3O3S. The van der Waals surface area contributed by atoms with Crippen LogP contribution < -0.4 is 15.4 Å². The molecule has 1 aromatic rings. The highest BCUT2D eigenvalue weighted by Gasteiger charge is 2.28. The number of rotatable bonds is 5. The molecule has 1 atom stereocenters. The van der Waals surface area contributed by atoms with Crippen molar-refractivity contribution in [3.63, 3.8) is 0 Å². The minimum Gasteiger partial charge on any atom is -0.494 e. The summed E-state index contributed by atoms with van der Waals surface area (Å²) in [5, 5.41) is 6.36. The summed E-state index contributed by atoms with van der Waals surface area (Å²) in [6.07, 6.45) is 0.624. The van der Waals surface area contributed by atoms with E-state index in [9.17, 15) is 8.42 Å². The quantitative estimate of drug-likeness (QED) is 0.402. The van der Waals surface area contributed by atoms with Crippen molar-refractivity contribution in [3.05, 3.63) is 29.8 Å². The normalized spacial score (nSPS) is 19.7. The summed E-state index contributed by atoms with van der Waals surface area (Å²) < 4.78 is 28.6. The van der Waals surface area contributed by atoms with Gasteiger partial charge in [0, 0.05) is 25.2 Å². The van der Waals surface area contributed by atoms with E-state index >= 15 is 0 Å². The Labute approximate surface area is 155 Å². The average Bonchev–Trinajstić information content (AvgIpc) is 2.84. The number of ether oxygens (including phenoxy) is 1. The van der Waals surface area contributed by atoms with Crippen molar-refractivity contribution >= 4 is 39.8 Å². The molecule has 0 amide bonds. The van der Waals surface area contributed by atoms with Crippen molar-refractivity contribution in [1.29, 1.82) is 0 Å². The van der Waals surface area contributed by atoms with Crippen molar-refractivity contribution in [2.45, 2.75) is 25.9 Å². The minimum absolute atomic E-state index is 0. The first-order chi connectivity index (χ1) is 10.5. The van der Waals surface area contributed by atoms with Crippen molar-refractivity contribution in [2.24, 2.45) is 4.99 Å². The van der Waals surface area contributed by atoms with E-state index in [-0.39, 0.29) is 41.5 Å². The molecule has 1 aliphatic heterocycles. The number of nitrogens with zero attached hydrogens (tertiary/aromatic N) is 1. The van der Waals surface area contributed by atoms with Gasteiger partial charge in [-0.1, -0.05) is 18.2 Å². The van der Waals surface area contributed by atoms with Crippen LogP contribution in [0.4, 0.5) is 0 Å². The molecule has 0 aromatic heterocycles. The molecule has 0 saturated carbocycles. The van der Waals surface area contributed by atoms with Crippen LogP contribution in [0.2, 0.25) is 0 Å². The molecule has 0 aliphatic carbocycles. The van der Waals surface area contributed by atoms with Gasteiger partial charge in [0.15, 0.2) is 15.8 Å². The third-order valence-corrected chi connectivity index (χ3v) is 5.28. The number of hydrogen-bond acceptors (Lipinski definition) is 4. The van der Waals surface area contributed by atoms with Crippen LogP contribution in [0.25, 0.3) is 0 Å². The fourth-order valence-corrected chi connectivity index (χ4v) is 4.10. The Kier molecular flexibility index (Phi) is 8.10. The number of para-hydroxylation sites is 1. The average molecular weight is 453 g/mol. The van der Waals surface area contributed by atoms with E-state index in [1.165, 1.54) is 0 Å². The second-order valence-corrected chi connectivity index (χ2v) is 7.44. The molecule has 1 aliphatic rings. The van der Waals surface area contributed by atoms with Crippen LogP contribution in [0, 0.1) is 0 Å². The third kappa shape index (κ3) is 6.17. The molecule has 2 rings (SSSR count). The van der Waals surface area contributed by atoms with Gasteiger partial charge in [0.1, 0.15) is 5.75 Å². The maximum Gasteiger partial charge on any atom is 0.191 e. The van der Waals surface area contributed by atoms with Crippen LogP contribution in [0.5, 0.6) is 5.75 Å². The van der Waals surface area contributed by atoms with Gasteiger partial charge < -0.3 is 15.4 Å². The fraction of sp³-hybridized carbons (Fsp3) is 0.533. The summed E-state index contributed by atoms with van der Waals surface area (Å²) in [5.74, 6) is 1.86. The molecule has 2 N–H and O–H groups in total. The maximum atomic E-state index is 11.5. The van der Waals surface area contributed by atoms with Crippen LogP contribution in [-0.4, -0.2) is 45.6 Å². The van der Waals surface area contributed by atoms with E-state index in [1.54, 1.807) is 7.05 Å². The van der Waals surface area contributed by atoms with E-state index in [0.29, 0.717) is 25.5 Å². The zero-order chi connectivity index (χ0) is 16.0. The van der Waals surface area contributed by atoms with Gasteiger partial charge in [-0.25, -0.2) is 8.42 Å². The van der Waals surface area contributed by atoms with Crippen molar-refractivity contribution < 1.29 is 13.2 Å². The molecule has 130 valence electrons. The lowest BCUT2D eigenvalue weighted by atomic mass is 10.2. The predicted octanol–water partition coefficient (Wildman–Crippen LogP) is 1.56. The third-order valence-electron chi connectivity index (χ3n) is 3.52. The summed E-state index contributed by atoms with van der Waals surface area (Å²) in [7, 11) is -1.22. The van der Waals surface area contributed by atoms with E-state index < -0.39 is 9.84 Å². The molecule has 1 unspecified atom stereocenters. The molecule has 0 bridgehead atoms. The van der Waals surface area contributed by atoms with E-state index in [1.807, 2.05) is 31.2 Å². The Morgan fingerprint density at radius 2 is 2.13 bits per heavy atom. The summed E-state index contributed by atoms with van der Waals surface area (Å²) in [4.78, 5) is 4.15. The smallest absolute Gasteiger partial charge is 0.191 e. The van der Waals surface area contributed by atoms with E-state index in [2.05, 4.69) is 15.6 Å². The Balaban J connectivity index is 0.00000264. The van der Waals surface area contributed by atoms with Crippen LogP contribution >= 0.6 is 24.0 Å². The minimum atomic E-state index is -2.90. The summed E-state index contributed by atoms with van der Waals surface area (Å²) in [6, 6.07) is 7.74. The van der Waals surface area contributed by atoms with Crippen LogP contribution in [-0.2, 0) is 16.4 Å². The van der Waals surface area contributed by atoms with Gasteiger partial charge in [0.25, 0.3) is 0 Å². The molecule has 0 spiro atoms. The lowest BCUT2D eigenvalue weighted by molar-refractivity contribution is 0.336. The standard InChI is InChI=1S/C15H23N3O3S.HI/c1-3-21-14-7-5-4-6-12(14)10-17-15(16-2)18-13-8-9-22(19,20)11-13;/h4-7,13H,3,8-11H2,1-2H3,(H2,16,17,18);1H. The monoisotopic (exact) mass is 453 g/mol. The number of aliphatic imine (C=N–C) groups is 1. The second-order valence-electron chi connectivity index (χ2n) is 5.21. The van der Waals surface area contributed by atoms with Crippen LogP contribution in [0.15, 0.2) is 29.3 Å². The van der Waals surface area contributed by atoms with Gasteiger partial charge in [-0.15, -0.1) is 24.0 Å².